The predicted octanol–water partition coefficient (Wildman–Crippen LogP) is 3.21. The van der Waals surface area contributed by atoms with Crippen LogP contribution in [-0.2, 0) is 11.3 Å². The van der Waals surface area contributed by atoms with E-state index in [0.717, 1.165) is 25.0 Å². The van der Waals surface area contributed by atoms with Gasteiger partial charge >= 0.3 is 5.97 Å². The molecule has 5 nitrogen and oxygen atoms in total. The number of carbonyl (C=O) groups is 2. The van der Waals surface area contributed by atoms with Crippen LogP contribution in [0.25, 0.3) is 0 Å². The lowest BCUT2D eigenvalue weighted by molar-refractivity contribution is 0.0507. The Hall–Kier alpha value is -2.66. The van der Waals surface area contributed by atoms with Crippen LogP contribution in [0.5, 0.6) is 0 Å². The van der Waals surface area contributed by atoms with Crippen molar-refractivity contribution >= 4 is 11.9 Å². The van der Waals surface area contributed by atoms with Crippen LogP contribution in [0.3, 0.4) is 0 Å². The minimum Gasteiger partial charge on any atom is -0.478 e. The monoisotopic (exact) mass is 339 g/mol. The number of carbonyl (C=O) groups excluding carboxylic acids is 1. The van der Waals surface area contributed by atoms with E-state index in [0.29, 0.717) is 18.7 Å². The van der Waals surface area contributed by atoms with Crippen molar-refractivity contribution in [2.75, 3.05) is 13.2 Å². The van der Waals surface area contributed by atoms with Gasteiger partial charge in [-0.05, 0) is 42.7 Å². The number of ether oxygens (including phenoxy) is 1. The molecule has 1 heterocycles. The second-order valence-electron chi connectivity index (χ2n) is 6.19. The lowest BCUT2D eigenvalue weighted by Crippen LogP contribution is -2.37. The van der Waals surface area contributed by atoms with Crippen LogP contribution in [0.2, 0.25) is 0 Å². The Kier molecular flexibility index (Phi) is 5.46. The molecule has 3 rings (SSSR count). The Bertz CT molecular complexity index is 721. The molecule has 0 aliphatic carbocycles. The van der Waals surface area contributed by atoms with E-state index in [1.54, 1.807) is 17.0 Å². The summed E-state index contributed by atoms with van der Waals surface area (Å²) < 4.78 is 5.69. The summed E-state index contributed by atoms with van der Waals surface area (Å²) in [5.41, 5.74) is 1.71. The number of hydrogen-bond donors (Lipinski definition) is 1. The first-order valence-corrected chi connectivity index (χ1v) is 8.41. The Balaban J connectivity index is 1.78. The molecule has 1 atom stereocenters. The van der Waals surface area contributed by atoms with Crippen molar-refractivity contribution in [1.29, 1.82) is 0 Å². The van der Waals surface area contributed by atoms with Crippen LogP contribution < -0.4 is 0 Å². The minimum absolute atomic E-state index is 0.0611. The fourth-order valence-electron chi connectivity index (χ4n) is 3.00. The Labute approximate surface area is 146 Å². The summed E-state index contributed by atoms with van der Waals surface area (Å²) in [4.78, 5) is 25.7. The number of amides is 1. The fraction of sp³-hybridized carbons (Fsp3) is 0.300. The number of hydrogen-bond acceptors (Lipinski definition) is 3. The van der Waals surface area contributed by atoms with E-state index in [9.17, 15) is 9.59 Å². The maximum atomic E-state index is 12.9. The third-order valence-corrected chi connectivity index (χ3v) is 4.33. The van der Waals surface area contributed by atoms with Gasteiger partial charge < -0.3 is 14.7 Å². The van der Waals surface area contributed by atoms with Gasteiger partial charge in [0.25, 0.3) is 5.91 Å². The highest BCUT2D eigenvalue weighted by Gasteiger charge is 2.23. The van der Waals surface area contributed by atoms with Gasteiger partial charge in [-0.1, -0.05) is 30.3 Å². The molecule has 5 heteroatoms. The summed E-state index contributed by atoms with van der Waals surface area (Å²) in [7, 11) is 0. The fourth-order valence-corrected chi connectivity index (χ4v) is 3.00. The largest absolute Gasteiger partial charge is 0.478 e. The molecule has 1 fully saturated rings. The van der Waals surface area contributed by atoms with Gasteiger partial charge in [0.1, 0.15) is 0 Å². The van der Waals surface area contributed by atoms with Crippen molar-refractivity contribution in [1.82, 2.24) is 4.90 Å². The molecule has 0 aromatic heterocycles. The van der Waals surface area contributed by atoms with Crippen LogP contribution >= 0.6 is 0 Å². The Morgan fingerprint density at radius 1 is 1.04 bits per heavy atom. The second kappa shape index (κ2) is 7.94. The highest BCUT2D eigenvalue weighted by atomic mass is 16.5. The van der Waals surface area contributed by atoms with Gasteiger partial charge in [-0.15, -0.1) is 0 Å². The van der Waals surface area contributed by atoms with E-state index in [-0.39, 0.29) is 17.6 Å². The molecule has 1 aliphatic heterocycles. The molecule has 1 saturated heterocycles. The van der Waals surface area contributed by atoms with Gasteiger partial charge in [0.15, 0.2) is 0 Å². The molecule has 1 amide bonds. The van der Waals surface area contributed by atoms with Crippen LogP contribution in [-0.4, -0.2) is 41.1 Å². The molecular weight excluding hydrogens is 318 g/mol. The first-order chi connectivity index (χ1) is 12.1. The van der Waals surface area contributed by atoms with E-state index in [2.05, 4.69) is 0 Å². The second-order valence-corrected chi connectivity index (χ2v) is 6.19. The topological polar surface area (TPSA) is 66.8 Å². The molecule has 1 N–H and O–H groups in total. The Morgan fingerprint density at radius 3 is 2.32 bits per heavy atom. The quantitative estimate of drug-likeness (QED) is 0.877. The van der Waals surface area contributed by atoms with Crippen LogP contribution in [0, 0.1) is 0 Å². The maximum absolute atomic E-state index is 12.9. The highest BCUT2D eigenvalue weighted by Crippen LogP contribution is 2.17. The molecule has 0 radical (unpaired) electrons. The first-order valence-electron chi connectivity index (χ1n) is 8.41. The van der Waals surface area contributed by atoms with Crippen molar-refractivity contribution in [3.63, 3.8) is 0 Å². The standard InChI is InChI=1S/C20H21NO4/c22-19(16-8-10-17(11-9-16)20(23)24)21(14-18-7-4-12-25-18)13-15-5-2-1-3-6-15/h1-3,5-6,8-11,18H,4,7,12-14H2,(H,23,24). The van der Waals surface area contributed by atoms with E-state index < -0.39 is 5.97 Å². The highest BCUT2D eigenvalue weighted by molar-refractivity contribution is 5.95. The number of carboxylic acid groups (broad SMARTS) is 1. The number of nitrogens with zero attached hydrogens (tertiary/aromatic N) is 1. The van der Waals surface area contributed by atoms with Crippen LogP contribution in [0.4, 0.5) is 0 Å². The van der Waals surface area contributed by atoms with Gasteiger partial charge in [-0.2, -0.15) is 0 Å². The van der Waals surface area contributed by atoms with Gasteiger partial charge in [0.05, 0.1) is 11.7 Å². The molecule has 1 unspecified atom stereocenters. The smallest absolute Gasteiger partial charge is 0.335 e. The van der Waals surface area contributed by atoms with Gasteiger partial charge in [-0.25, -0.2) is 4.79 Å². The zero-order valence-corrected chi connectivity index (χ0v) is 13.9. The van der Waals surface area contributed by atoms with Gasteiger partial charge in [-0.3, -0.25) is 4.79 Å². The Morgan fingerprint density at radius 2 is 1.72 bits per heavy atom. The summed E-state index contributed by atoms with van der Waals surface area (Å²) in [6.07, 6.45) is 2.04. The number of carboxylic acids is 1. The van der Waals surface area contributed by atoms with E-state index >= 15 is 0 Å². The normalized spacial score (nSPS) is 16.6. The summed E-state index contributed by atoms with van der Waals surface area (Å²) >= 11 is 0. The van der Waals surface area contributed by atoms with Crippen molar-refractivity contribution in [2.24, 2.45) is 0 Å². The molecule has 0 spiro atoms. The molecule has 130 valence electrons. The van der Waals surface area contributed by atoms with Crippen LogP contribution in [0.1, 0.15) is 39.1 Å². The summed E-state index contributed by atoms with van der Waals surface area (Å²) in [5, 5.41) is 9.00. The molecular formula is C20H21NO4. The lowest BCUT2D eigenvalue weighted by Gasteiger charge is -2.26. The van der Waals surface area contributed by atoms with Crippen molar-refractivity contribution in [3.05, 3.63) is 71.3 Å². The van der Waals surface area contributed by atoms with E-state index in [1.165, 1.54) is 12.1 Å². The minimum atomic E-state index is -1.00. The average molecular weight is 339 g/mol. The van der Waals surface area contributed by atoms with Gasteiger partial charge in [0, 0.05) is 25.3 Å². The zero-order chi connectivity index (χ0) is 17.6. The van der Waals surface area contributed by atoms with E-state index in [4.69, 9.17) is 9.84 Å². The third kappa shape index (κ3) is 4.45. The summed E-state index contributed by atoms with van der Waals surface area (Å²) in [6.45, 7) is 1.78. The summed E-state index contributed by atoms with van der Waals surface area (Å²) in [6, 6.07) is 15.9. The first kappa shape index (κ1) is 17.2. The summed E-state index contributed by atoms with van der Waals surface area (Å²) in [5.74, 6) is -1.12. The predicted molar refractivity (Wildman–Crippen MR) is 93.6 cm³/mol. The molecule has 2 aromatic carbocycles. The lowest BCUT2D eigenvalue weighted by atomic mass is 10.1. The number of aromatic carboxylic acids is 1. The molecule has 0 saturated carbocycles. The van der Waals surface area contributed by atoms with Crippen molar-refractivity contribution < 1.29 is 19.4 Å². The molecule has 2 aromatic rings. The van der Waals surface area contributed by atoms with Gasteiger partial charge in [0.2, 0.25) is 0 Å². The third-order valence-electron chi connectivity index (χ3n) is 4.33. The number of rotatable bonds is 6. The number of benzene rings is 2. The molecule has 0 bridgehead atoms. The maximum Gasteiger partial charge on any atom is 0.335 e. The molecule has 1 aliphatic rings. The van der Waals surface area contributed by atoms with Crippen molar-refractivity contribution in [2.45, 2.75) is 25.5 Å². The van der Waals surface area contributed by atoms with E-state index in [1.807, 2.05) is 30.3 Å². The molecule has 25 heavy (non-hydrogen) atoms. The van der Waals surface area contributed by atoms with Crippen LogP contribution in [0.15, 0.2) is 54.6 Å². The zero-order valence-electron chi connectivity index (χ0n) is 13.9. The van der Waals surface area contributed by atoms with Crippen molar-refractivity contribution in [3.8, 4) is 0 Å². The SMILES string of the molecule is O=C(O)c1ccc(C(=O)N(Cc2ccccc2)CC2CCCO2)cc1. The average Bonchev–Trinajstić information content (AvgIpc) is 3.14.